The number of anilines is 1. The van der Waals surface area contributed by atoms with Crippen LogP contribution in [0.25, 0.3) is 0 Å². The predicted molar refractivity (Wildman–Crippen MR) is 168 cm³/mol. The molecule has 0 aromatic heterocycles. The first-order valence-corrected chi connectivity index (χ1v) is 16.1. The molecule has 0 radical (unpaired) electrons. The standard InChI is InChI=1S/C30H43N5O10S/c1-30(2,3)45-29(42)35-24(26(38)39)25(27(40)43-4)44-15-17-8-7-9-18(14-17)32-22(37)12-13-31-21(36)11-6-5-10-20-23-19(16-46-20)33-28(41)34-23/h7-9,14,19-20,23-25H,5-6,10-13,15-16H2,1-4H3,(H,31,36)(H,32,37)(H,35,42)(H,38,39)(H2,33,34,41)/t19-,20-,23-,24-,25-/m0/s1. The number of urea groups is 1. The Labute approximate surface area is 271 Å². The molecule has 1 aromatic rings. The van der Waals surface area contributed by atoms with Gasteiger partial charge in [0.2, 0.25) is 11.8 Å². The monoisotopic (exact) mass is 665 g/mol. The van der Waals surface area contributed by atoms with Crippen LogP contribution in [-0.2, 0) is 40.0 Å². The minimum absolute atomic E-state index is 0.0436. The van der Waals surface area contributed by atoms with Crippen LogP contribution in [0.1, 0.15) is 58.4 Å². The molecule has 0 unspecified atom stereocenters. The molecule has 16 heteroatoms. The first-order valence-electron chi connectivity index (χ1n) is 15.0. The van der Waals surface area contributed by atoms with Crippen LogP contribution in [0.5, 0.6) is 0 Å². The Morgan fingerprint density at radius 2 is 1.85 bits per heavy atom. The van der Waals surface area contributed by atoms with Crippen LogP contribution < -0.4 is 26.6 Å². The van der Waals surface area contributed by atoms with Gasteiger partial charge in [-0.15, -0.1) is 0 Å². The first kappa shape index (κ1) is 36.4. The quantitative estimate of drug-likeness (QED) is 0.0853. The summed E-state index contributed by atoms with van der Waals surface area (Å²) in [5, 5.41) is 23.5. The molecule has 15 nitrogen and oxygen atoms in total. The molecule has 2 fully saturated rings. The van der Waals surface area contributed by atoms with Crippen molar-refractivity contribution in [3.63, 3.8) is 0 Å². The number of unbranched alkanes of at least 4 members (excludes halogenated alkanes) is 1. The number of alkyl carbamates (subject to hydrolysis) is 1. The summed E-state index contributed by atoms with van der Waals surface area (Å²) in [5.74, 6) is -2.13. The van der Waals surface area contributed by atoms with Gasteiger partial charge in [-0.3, -0.25) is 9.59 Å². The van der Waals surface area contributed by atoms with E-state index in [4.69, 9.17) is 9.47 Å². The van der Waals surface area contributed by atoms with Crippen molar-refractivity contribution >= 4 is 53.3 Å². The van der Waals surface area contributed by atoms with Gasteiger partial charge < -0.3 is 45.9 Å². The minimum Gasteiger partial charge on any atom is -0.480 e. The minimum atomic E-state index is -1.80. The molecule has 2 aliphatic rings. The normalized spacial score (nSPS) is 19.9. The van der Waals surface area contributed by atoms with E-state index < -0.39 is 35.8 Å². The topological polar surface area (TPSA) is 210 Å². The average Bonchev–Trinajstić information content (AvgIpc) is 3.52. The molecule has 0 bridgehead atoms. The summed E-state index contributed by atoms with van der Waals surface area (Å²) < 4.78 is 15.4. The van der Waals surface area contributed by atoms with Crippen LogP contribution >= 0.6 is 11.8 Å². The van der Waals surface area contributed by atoms with Gasteiger partial charge in [0.05, 0.1) is 25.8 Å². The molecule has 46 heavy (non-hydrogen) atoms. The van der Waals surface area contributed by atoms with Gasteiger partial charge in [0.1, 0.15) is 5.60 Å². The van der Waals surface area contributed by atoms with E-state index in [1.165, 1.54) is 0 Å². The Morgan fingerprint density at radius 3 is 2.54 bits per heavy atom. The molecule has 254 valence electrons. The number of benzene rings is 1. The highest BCUT2D eigenvalue weighted by atomic mass is 32.2. The molecule has 2 heterocycles. The van der Waals surface area contributed by atoms with Crippen molar-refractivity contribution in [1.29, 1.82) is 0 Å². The lowest BCUT2D eigenvalue weighted by Crippen LogP contribution is -2.54. The van der Waals surface area contributed by atoms with E-state index in [0.717, 1.165) is 25.7 Å². The fourth-order valence-electron chi connectivity index (χ4n) is 4.94. The zero-order valence-corrected chi connectivity index (χ0v) is 27.2. The van der Waals surface area contributed by atoms with Gasteiger partial charge >= 0.3 is 24.1 Å². The maximum atomic E-state index is 12.5. The number of carboxylic acids is 1. The van der Waals surface area contributed by atoms with E-state index in [1.54, 1.807) is 45.0 Å². The molecule has 2 saturated heterocycles. The lowest BCUT2D eigenvalue weighted by molar-refractivity contribution is -0.163. The lowest BCUT2D eigenvalue weighted by Gasteiger charge is -2.25. The third-order valence-corrected chi connectivity index (χ3v) is 8.58. The van der Waals surface area contributed by atoms with Crippen molar-refractivity contribution in [2.75, 3.05) is 24.7 Å². The van der Waals surface area contributed by atoms with Crippen molar-refractivity contribution in [1.82, 2.24) is 21.3 Å². The van der Waals surface area contributed by atoms with E-state index in [1.807, 2.05) is 11.8 Å². The smallest absolute Gasteiger partial charge is 0.408 e. The highest BCUT2D eigenvalue weighted by molar-refractivity contribution is 8.00. The number of carbonyl (C=O) groups is 6. The SMILES string of the molecule is COC(=O)[C@@H](OCc1cccc(NC(=O)CCNC(=O)CCCC[C@@H]2SC[C@@H]3NC(=O)N[C@@H]32)c1)[C@H](NC(=O)OC(C)(C)C)C(=O)O. The largest absolute Gasteiger partial charge is 0.480 e. The van der Waals surface area contributed by atoms with Crippen LogP contribution in [0.15, 0.2) is 24.3 Å². The van der Waals surface area contributed by atoms with Crippen molar-refractivity contribution in [2.45, 2.75) is 94.6 Å². The summed E-state index contributed by atoms with van der Waals surface area (Å²) >= 11 is 1.84. The van der Waals surface area contributed by atoms with Gasteiger partial charge in [0.25, 0.3) is 0 Å². The molecule has 5 atom stereocenters. The highest BCUT2D eigenvalue weighted by Crippen LogP contribution is 2.33. The Bertz CT molecular complexity index is 1270. The Balaban J connectivity index is 1.40. The third-order valence-electron chi connectivity index (χ3n) is 7.07. The van der Waals surface area contributed by atoms with E-state index in [9.17, 15) is 33.9 Å². The van der Waals surface area contributed by atoms with E-state index >= 15 is 0 Å². The second-order valence-electron chi connectivity index (χ2n) is 11.9. The molecule has 2 aliphatic heterocycles. The lowest BCUT2D eigenvalue weighted by atomic mass is 10.0. The van der Waals surface area contributed by atoms with Crippen molar-refractivity contribution in [3.8, 4) is 0 Å². The van der Waals surface area contributed by atoms with Crippen LogP contribution in [0.4, 0.5) is 15.3 Å². The molecule has 0 saturated carbocycles. The van der Waals surface area contributed by atoms with Gasteiger partial charge in [0, 0.05) is 36.1 Å². The number of aliphatic carboxylic acids is 1. The highest BCUT2D eigenvalue weighted by Gasteiger charge is 2.42. The Hall–Kier alpha value is -4.05. The first-order chi connectivity index (χ1) is 21.8. The van der Waals surface area contributed by atoms with E-state index in [-0.39, 0.29) is 49.5 Å². The number of ether oxygens (including phenoxy) is 3. The fraction of sp³-hybridized carbons (Fsp3) is 0.600. The van der Waals surface area contributed by atoms with Crippen LogP contribution in [-0.4, -0.2) is 95.5 Å². The summed E-state index contributed by atoms with van der Waals surface area (Å²) in [7, 11) is 1.06. The molecule has 6 N–H and O–H groups in total. The number of hydrogen-bond acceptors (Lipinski definition) is 10. The number of methoxy groups -OCH3 is 1. The van der Waals surface area contributed by atoms with Crippen molar-refractivity contribution < 1.29 is 48.1 Å². The van der Waals surface area contributed by atoms with Crippen LogP contribution in [0.3, 0.4) is 0 Å². The molecule has 5 amide bonds. The number of esters is 1. The van der Waals surface area contributed by atoms with Crippen molar-refractivity contribution in [3.05, 3.63) is 29.8 Å². The van der Waals surface area contributed by atoms with Gasteiger partial charge in [0.15, 0.2) is 12.1 Å². The van der Waals surface area contributed by atoms with Gasteiger partial charge in [-0.25, -0.2) is 19.2 Å². The molecule has 3 rings (SSSR count). The molecular formula is C30H43N5O10S. The second-order valence-corrected chi connectivity index (χ2v) is 13.2. The number of carbonyl (C=O) groups excluding carboxylic acids is 5. The Kier molecular flexibility index (Phi) is 13.5. The van der Waals surface area contributed by atoms with Gasteiger partial charge in [-0.05, 0) is 51.3 Å². The fourth-order valence-corrected chi connectivity index (χ4v) is 6.49. The summed E-state index contributed by atoms with van der Waals surface area (Å²) in [5.41, 5.74) is 0.0221. The van der Waals surface area contributed by atoms with Crippen LogP contribution in [0.2, 0.25) is 0 Å². The number of thioether (sulfide) groups is 1. The van der Waals surface area contributed by atoms with E-state index in [2.05, 4.69) is 31.3 Å². The molecular weight excluding hydrogens is 622 g/mol. The number of amides is 5. The zero-order chi connectivity index (χ0) is 33.9. The van der Waals surface area contributed by atoms with E-state index in [0.29, 0.717) is 29.3 Å². The maximum absolute atomic E-state index is 12.5. The number of hydrogen-bond donors (Lipinski definition) is 6. The zero-order valence-electron chi connectivity index (χ0n) is 26.4. The van der Waals surface area contributed by atoms with Gasteiger partial charge in [-0.2, -0.15) is 11.8 Å². The van der Waals surface area contributed by atoms with Gasteiger partial charge in [-0.1, -0.05) is 18.6 Å². The van der Waals surface area contributed by atoms with Crippen molar-refractivity contribution in [2.24, 2.45) is 0 Å². The molecule has 0 spiro atoms. The number of nitrogens with one attached hydrogen (secondary N) is 5. The predicted octanol–water partition coefficient (Wildman–Crippen LogP) is 1.89. The molecule has 0 aliphatic carbocycles. The third kappa shape index (κ3) is 11.7. The summed E-state index contributed by atoms with van der Waals surface area (Å²) in [6.07, 6.45) is 0.142. The average molecular weight is 666 g/mol. The Morgan fingerprint density at radius 1 is 1.09 bits per heavy atom. The summed E-state index contributed by atoms with van der Waals surface area (Å²) in [6, 6.07) is 4.92. The number of carboxylic acid groups (broad SMARTS) is 1. The molecule has 1 aromatic carbocycles. The number of rotatable bonds is 16. The second kappa shape index (κ2) is 17.0. The maximum Gasteiger partial charge on any atom is 0.408 e. The number of fused-ring (bicyclic) bond motifs is 1. The summed E-state index contributed by atoms with van der Waals surface area (Å²) in [6.45, 7) is 4.72. The summed E-state index contributed by atoms with van der Waals surface area (Å²) in [4.78, 5) is 72.7. The van der Waals surface area contributed by atoms with Crippen LogP contribution in [0, 0.1) is 0 Å².